The van der Waals surface area contributed by atoms with Crippen LogP contribution < -0.4 is 0 Å². The number of fused-ring (bicyclic) bond motifs is 1. The van der Waals surface area contributed by atoms with Crippen molar-refractivity contribution >= 4 is 29.2 Å². The summed E-state index contributed by atoms with van der Waals surface area (Å²) >= 11 is 6.32. The molecule has 35 heavy (non-hydrogen) atoms. The van der Waals surface area contributed by atoms with Gasteiger partial charge in [0.2, 0.25) is 0 Å². The molecule has 0 saturated carbocycles. The molecule has 2 aliphatic rings. The number of cyclic esters (lactones) is 1. The normalized spacial score (nSPS) is 21.2. The summed E-state index contributed by atoms with van der Waals surface area (Å²) in [6.45, 7) is 5.09. The first-order valence-electron chi connectivity index (χ1n) is 11.8. The van der Waals surface area contributed by atoms with Crippen molar-refractivity contribution in [3.8, 4) is 11.5 Å². The van der Waals surface area contributed by atoms with E-state index in [0.717, 1.165) is 37.3 Å². The maximum Gasteiger partial charge on any atom is 0.342 e. The number of hydrogen-bond donors (Lipinski definition) is 2. The Morgan fingerprint density at radius 3 is 2.74 bits per heavy atom. The predicted octanol–water partition coefficient (Wildman–Crippen LogP) is 4.69. The number of piperidine rings is 1. The van der Waals surface area contributed by atoms with E-state index in [1.807, 2.05) is 12.2 Å². The molecule has 1 aromatic rings. The molecule has 0 atom stereocenters. The van der Waals surface area contributed by atoms with Crippen LogP contribution in [0.5, 0.6) is 11.5 Å². The molecule has 2 aliphatic heterocycles. The number of nitrogens with zero attached hydrogens (tertiary/aromatic N) is 2. The minimum absolute atomic E-state index is 0.0343. The molecule has 1 aromatic carbocycles. The number of allylic oxidation sites excluding steroid dienone is 4. The molecule has 1 saturated heterocycles. The molecule has 0 aromatic heterocycles. The second kappa shape index (κ2) is 13.0. The quantitative estimate of drug-likeness (QED) is 0.456. The lowest BCUT2D eigenvalue weighted by atomic mass is 9.99. The molecular weight excluding hydrogens is 472 g/mol. The lowest BCUT2D eigenvalue weighted by Crippen LogP contribution is -2.37. The van der Waals surface area contributed by atoms with E-state index in [4.69, 9.17) is 21.2 Å². The summed E-state index contributed by atoms with van der Waals surface area (Å²) in [7, 11) is 0. The third-order valence-electron chi connectivity index (χ3n) is 5.90. The Bertz CT molecular complexity index is 1040. The van der Waals surface area contributed by atoms with Gasteiger partial charge in [0.1, 0.15) is 17.1 Å². The fraction of sp³-hybridized carbons (Fsp3) is 0.423. The highest BCUT2D eigenvalue weighted by atomic mass is 35.5. The highest BCUT2D eigenvalue weighted by molar-refractivity contribution is 6.33. The van der Waals surface area contributed by atoms with Crippen LogP contribution in [0.15, 0.2) is 47.7 Å². The van der Waals surface area contributed by atoms with E-state index >= 15 is 0 Å². The zero-order valence-electron chi connectivity index (χ0n) is 19.7. The topological polar surface area (TPSA) is 109 Å². The molecule has 1 amide bonds. The van der Waals surface area contributed by atoms with E-state index in [1.54, 1.807) is 17.1 Å². The first-order valence-corrected chi connectivity index (χ1v) is 12.1. The van der Waals surface area contributed by atoms with Gasteiger partial charge in [-0.3, -0.25) is 4.79 Å². The van der Waals surface area contributed by atoms with Gasteiger partial charge in [-0.1, -0.05) is 41.6 Å². The average Bonchev–Trinajstić information content (AvgIpc) is 2.85. The summed E-state index contributed by atoms with van der Waals surface area (Å²) in [5.74, 6) is -1.75. The molecule has 0 aliphatic carbocycles. The molecular formula is C26H31ClN2O6. The van der Waals surface area contributed by atoms with Crippen LogP contribution in [0.2, 0.25) is 5.02 Å². The van der Waals surface area contributed by atoms with Crippen LogP contribution >= 0.6 is 11.6 Å². The number of esters is 1. The number of rotatable bonds is 4. The summed E-state index contributed by atoms with van der Waals surface area (Å²) in [6, 6.07) is 1.00. The Labute approximate surface area is 210 Å². The third kappa shape index (κ3) is 7.36. The molecule has 3 rings (SSSR count). The first-order chi connectivity index (χ1) is 16.9. The lowest BCUT2D eigenvalue weighted by molar-refractivity contribution is -0.137. The van der Waals surface area contributed by atoms with Gasteiger partial charge in [-0.25, -0.2) is 4.79 Å². The second-order valence-corrected chi connectivity index (χ2v) is 8.78. The van der Waals surface area contributed by atoms with E-state index in [-0.39, 0.29) is 47.4 Å². The summed E-state index contributed by atoms with van der Waals surface area (Å²) in [6.07, 6.45) is 12.3. The number of oxime groups is 1. The van der Waals surface area contributed by atoms with Crippen molar-refractivity contribution in [1.29, 1.82) is 0 Å². The van der Waals surface area contributed by atoms with Gasteiger partial charge in [0, 0.05) is 32.0 Å². The van der Waals surface area contributed by atoms with Gasteiger partial charge in [-0.2, -0.15) is 0 Å². The Morgan fingerprint density at radius 1 is 1.23 bits per heavy atom. The molecule has 0 radical (unpaired) electrons. The van der Waals surface area contributed by atoms with Crippen LogP contribution in [-0.2, 0) is 20.8 Å². The Balaban J connectivity index is 1.89. The summed E-state index contributed by atoms with van der Waals surface area (Å²) in [5, 5.41) is 24.6. The molecule has 2 N–H and O–H groups in total. The molecule has 0 spiro atoms. The number of phenolic OH excluding ortho intramolecular Hbond substituents is 2. The van der Waals surface area contributed by atoms with Gasteiger partial charge in [-0.05, 0) is 49.3 Å². The van der Waals surface area contributed by atoms with Gasteiger partial charge < -0.3 is 24.7 Å². The highest BCUT2D eigenvalue weighted by Crippen LogP contribution is 2.37. The number of amides is 1. The molecule has 2 heterocycles. The number of phenols is 2. The summed E-state index contributed by atoms with van der Waals surface area (Å²) < 4.78 is 5.37. The molecule has 0 unspecified atom stereocenters. The minimum Gasteiger partial charge on any atom is -0.507 e. The van der Waals surface area contributed by atoms with Crippen LogP contribution in [0.1, 0.15) is 54.4 Å². The van der Waals surface area contributed by atoms with Crippen molar-refractivity contribution in [2.75, 3.05) is 26.3 Å². The van der Waals surface area contributed by atoms with Crippen LogP contribution in [0.4, 0.5) is 0 Å². The number of halogens is 1. The van der Waals surface area contributed by atoms with Gasteiger partial charge in [0.05, 0.1) is 17.3 Å². The van der Waals surface area contributed by atoms with Crippen molar-refractivity contribution in [3.63, 3.8) is 0 Å². The predicted molar refractivity (Wildman–Crippen MR) is 134 cm³/mol. The summed E-state index contributed by atoms with van der Waals surface area (Å²) in [4.78, 5) is 32.4. The standard InChI is InChI=1S/C26H31ClN2O6/c1-2-18-9-5-3-6-10-19(28-35-17-23(32)29-12-7-4-8-13-29)15-20-24(26(33)34-14-11-18)21(30)16-22(31)25(20)27/h2,6,9-10,16,30-31H,1,3-5,7-8,11-15,17H2/b10-6+,18-9+,28-19?. The van der Waals surface area contributed by atoms with Gasteiger partial charge in [0.15, 0.2) is 6.61 Å². The van der Waals surface area contributed by atoms with Gasteiger partial charge >= 0.3 is 5.97 Å². The third-order valence-corrected chi connectivity index (χ3v) is 6.32. The van der Waals surface area contributed by atoms with E-state index in [2.05, 4.69) is 11.7 Å². The summed E-state index contributed by atoms with van der Waals surface area (Å²) in [5.41, 5.74) is 1.30. The number of aromatic hydroxyl groups is 2. The van der Waals surface area contributed by atoms with Crippen molar-refractivity contribution in [2.45, 2.75) is 44.9 Å². The number of carbonyl (C=O) groups excluding carboxylic acids is 2. The molecule has 188 valence electrons. The maximum absolute atomic E-state index is 12.8. The van der Waals surface area contributed by atoms with Crippen LogP contribution in [-0.4, -0.2) is 59.0 Å². The number of benzene rings is 1. The Hall–Kier alpha value is -3.26. The SMILES string of the molecule is C=C/C1=C\CC/C=C/C(=NOCC(=O)N2CCCCC2)Cc2c(Cl)c(O)cc(O)c2C(=O)OCC1. The fourth-order valence-electron chi connectivity index (χ4n) is 3.99. The number of ether oxygens (including phenoxy) is 1. The number of likely N-dealkylation sites (tertiary alicyclic amines) is 1. The maximum atomic E-state index is 12.8. The largest absolute Gasteiger partial charge is 0.507 e. The van der Waals surface area contributed by atoms with Crippen molar-refractivity contribution in [1.82, 2.24) is 4.90 Å². The second-order valence-electron chi connectivity index (χ2n) is 8.41. The van der Waals surface area contributed by atoms with Gasteiger partial charge in [-0.15, -0.1) is 0 Å². The van der Waals surface area contributed by atoms with Crippen LogP contribution in [0.25, 0.3) is 0 Å². The molecule has 0 bridgehead atoms. The Morgan fingerprint density at radius 2 is 2.00 bits per heavy atom. The monoisotopic (exact) mass is 502 g/mol. The van der Waals surface area contributed by atoms with Crippen molar-refractivity contribution in [3.05, 3.63) is 58.7 Å². The van der Waals surface area contributed by atoms with E-state index in [9.17, 15) is 19.8 Å². The zero-order chi connectivity index (χ0) is 25.2. The van der Waals surface area contributed by atoms with E-state index in [0.29, 0.717) is 31.6 Å². The van der Waals surface area contributed by atoms with Crippen molar-refractivity contribution in [2.24, 2.45) is 5.16 Å². The fourth-order valence-corrected chi connectivity index (χ4v) is 4.21. The van der Waals surface area contributed by atoms with E-state index < -0.39 is 11.7 Å². The molecule has 8 nitrogen and oxygen atoms in total. The van der Waals surface area contributed by atoms with Crippen LogP contribution in [0.3, 0.4) is 0 Å². The van der Waals surface area contributed by atoms with Crippen LogP contribution in [0, 0.1) is 0 Å². The molecule has 1 fully saturated rings. The minimum atomic E-state index is -0.774. The number of hydrogen-bond acceptors (Lipinski definition) is 7. The highest BCUT2D eigenvalue weighted by Gasteiger charge is 2.25. The number of carbonyl (C=O) groups is 2. The Kier molecular flexibility index (Phi) is 9.78. The zero-order valence-corrected chi connectivity index (χ0v) is 20.4. The van der Waals surface area contributed by atoms with Gasteiger partial charge in [0.25, 0.3) is 5.91 Å². The smallest absolute Gasteiger partial charge is 0.342 e. The lowest BCUT2D eigenvalue weighted by Gasteiger charge is -2.26. The first kappa shape index (κ1) is 26.3. The molecule has 9 heteroatoms. The average molecular weight is 503 g/mol. The van der Waals surface area contributed by atoms with E-state index in [1.165, 1.54) is 0 Å². The van der Waals surface area contributed by atoms with Crippen molar-refractivity contribution < 1.29 is 29.4 Å².